The number of hydrogen-bond acceptors (Lipinski definition) is 4. The minimum atomic E-state index is 0.160. The number of fused-ring (bicyclic) bond motifs is 1. The third-order valence-corrected chi connectivity index (χ3v) is 3.92. The highest BCUT2D eigenvalue weighted by molar-refractivity contribution is 7.19. The Bertz CT molecular complexity index is 721. The molecule has 3 N–H and O–H groups in total. The number of aromatic hydroxyl groups is 1. The third kappa shape index (κ3) is 2.48. The summed E-state index contributed by atoms with van der Waals surface area (Å²) in [5.74, 6) is 0.660. The highest BCUT2D eigenvalue weighted by atomic mass is 32.1. The number of phenols is 1. The monoisotopic (exact) mass is 271 g/mol. The minimum Gasteiger partial charge on any atom is -0.504 e. The van der Waals surface area contributed by atoms with Gasteiger partial charge in [0.1, 0.15) is 6.61 Å². The fraction of sp³-hybridized carbons (Fsp3) is 0.0667. The van der Waals surface area contributed by atoms with Crippen molar-refractivity contribution in [1.82, 2.24) is 0 Å². The van der Waals surface area contributed by atoms with Gasteiger partial charge in [0.2, 0.25) is 0 Å². The maximum Gasteiger partial charge on any atom is 0.161 e. The summed E-state index contributed by atoms with van der Waals surface area (Å²) < 4.78 is 6.80. The lowest BCUT2D eigenvalue weighted by Crippen LogP contribution is -1.92. The average Bonchev–Trinajstić information content (AvgIpc) is 2.79. The number of ether oxygens (including phenoxy) is 1. The number of phenolic OH excluding ortho intramolecular Hbond substituents is 1. The van der Waals surface area contributed by atoms with Crippen LogP contribution in [0.4, 0.5) is 5.69 Å². The molecule has 96 valence electrons. The van der Waals surface area contributed by atoms with Crippen LogP contribution in [-0.4, -0.2) is 5.11 Å². The predicted octanol–water partition coefficient (Wildman–Crippen LogP) is 3.77. The third-order valence-electron chi connectivity index (χ3n) is 2.83. The molecule has 0 bridgehead atoms. The lowest BCUT2D eigenvalue weighted by molar-refractivity contribution is 0.292. The summed E-state index contributed by atoms with van der Waals surface area (Å²) in [5, 5.41) is 10.8. The number of nitrogens with two attached hydrogens (primary N) is 1. The van der Waals surface area contributed by atoms with Gasteiger partial charge in [0.05, 0.1) is 0 Å². The Labute approximate surface area is 114 Å². The lowest BCUT2D eigenvalue weighted by atomic mass is 10.2. The topological polar surface area (TPSA) is 55.5 Å². The van der Waals surface area contributed by atoms with Gasteiger partial charge in [-0.25, -0.2) is 0 Å². The van der Waals surface area contributed by atoms with E-state index in [0.29, 0.717) is 12.4 Å². The summed E-state index contributed by atoms with van der Waals surface area (Å²) in [5.41, 5.74) is 6.52. The molecule has 3 rings (SSSR count). The van der Waals surface area contributed by atoms with Crippen molar-refractivity contribution in [3.8, 4) is 11.5 Å². The molecule has 0 amide bonds. The van der Waals surface area contributed by atoms with Crippen LogP contribution in [0.1, 0.15) is 4.88 Å². The molecule has 1 heterocycles. The molecule has 19 heavy (non-hydrogen) atoms. The number of rotatable bonds is 3. The highest BCUT2D eigenvalue weighted by Crippen LogP contribution is 2.30. The fourth-order valence-electron chi connectivity index (χ4n) is 1.92. The zero-order valence-electron chi connectivity index (χ0n) is 10.2. The molecule has 0 aliphatic carbocycles. The summed E-state index contributed by atoms with van der Waals surface area (Å²) >= 11 is 1.67. The highest BCUT2D eigenvalue weighted by Gasteiger charge is 2.05. The normalized spacial score (nSPS) is 10.7. The van der Waals surface area contributed by atoms with Crippen molar-refractivity contribution in [2.45, 2.75) is 6.61 Å². The maximum atomic E-state index is 9.63. The SMILES string of the molecule is Nc1ccc2sc(COc3ccccc3O)cc2c1. The van der Waals surface area contributed by atoms with Crippen molar-refractivity contribution in [3.05, 3.63) is 53.4 Å². The van der Waals surface area contributed by atoms with E-state index < -0.39 is 0 Å². The van der Waals surface area contributed by atoms with Crippen molar-refractivity contribution in [2.24, 2.45) is 0 Å². The van der Waals surface area contributed by atoms with E-state index in [1.54, 1.807) is 29.5 Å². The summed E-state index contributed by atoms with van der Waals surface area (Å²) in [7, 11) is 0. The van der Waals surface area contributed by atoms with Gasteiger partial charge in [-0.3, -0.25) is 0 Å². The molecule has 0 aliphatic heterocycles. The second-order valence-electron chi connectivity index (χ2n) is 4.27. The maximum absolute atomic E-state index is 9.63. The standard InChI is InChI=1S/C15H13NO2S/c16-11-5-6-15-10(7-11)8-12(19-15)9-18-14-4-2-1-3-13(14)17/h1-8,17H,9,16H2. The van der Waals surface area contributed by atoms with Crippen molar-refractivity contribution in [2.75, 3.05) is 5.73 Å². The Hall–Kier alpha value is -2.20. The van der Waals surface area contributed by atoms with Crippen LogP contribution in [0.3, 0.4) is 0 Å². The smallest absolute Gasteiger partial charge is 0.161 e. The van der Waals surface area contributed by atoms with Crippen molar-refractivity contribution >= 4 is 27.1 Å². The molecule has 0 fully saturated rings. The van der Waals surface area contributed by atoms with E-state index >= 15 is 0 Å². The second kappa shape index (κ2) is 4.82. The number of hydrogen-bond donors (Lipinski definition) is 2. The van der Waals surface area contributed by atoms with Gasteiger partial charge in [-0.1, -0.05) is 12.1 Å². The summed E-state index contributed by atoms with van der Waals surface area (Å²) in [4.78, 5) is 1.10. The van der Waals surface area contributed by atoms with Gasteiger partial charge in [-0.05, 0) is 41.8 Å². The lowest BCUT2D eigenvalue weighted by Gasteiger charge is -2.05. The van der Waals surface area contributed by atoms with Crippen LogP contribution in [0.25, 0.3) is 10.1 Å². The first-order chi connectivity index (χ1) is 9.22. The first-order valence-electron chi connectivity index (χ1n) is 5.91. The van der Waals surface area contributed by atoms with E-state index in [9.17, 15) is 5.11 Å². The molecule has 1 aromatic heterocycles. The number of para-hydroxylation sites is 2. The molecule has 3 nitrogen and oxygen atoms in total. The quantitative estimate of drug-likeness (QED) is 0.713. The van der Waals surface area contributed by atoms with E-state index in [-0.39, 0.29) is 5.75 Å². The zero-order valence-corrected chi connectivity index (χ0v) is 11.0. The van der Waals surface area contributed by atoms with Crippen molar-refractivity contribution < 1.29 is 9.84 Å². The van der Waals surface area contributed by atoms with Crippen LogP contribution in [0.2, 0.25) is 0 Å². The minimum absolute atomic E-state index is 0.160. The first kappa shape index (κ1) is 11.9. The van der Waals surface area contributed by atoms with Gasteiger partial charge in [0, 0.05) is 15.3 Å². The summed E-state index contributed by atoms with van der Waals surface area (Å²) in [6.45, 7) is 0.441. The van der Waals surface area contributed by atoms with E-state index in [1.165, 1.54) is 4.70 Å². The van der Waals surface area contributed by atoms with Crippen molar-refractivity contribution in [3.63, 3.8) is 0 Å². The van der Waals surface area contributed by atoms with E-state index in [2.05, 4.69) is 6.07 Å². The van der Waals surface area contributed by atoms with Gasteiger partial charge in [0.25, 0.3) is 0 Å². The Balaban J connectivity index is 1.80. The van der Waals surface area contributed by atoms with Crippen LogP contribution in [0.5, 0.6) is 11.5 Å². The van der Waals surface area contributed by atoms with E-state index in [1.807, 2.05) is 24.3 Å². The molecule has 0 saturated heterocycles. The van der Waals surface area contributed by atoms with Crippen molar-refractivity contribution in [1.29, 1.82) is 0 Å². The number of benzene rings is 2. The second-order valence-corrected chi connectivity index (χ2v) is 5.43. The molecule has 3 aromatic rings. The molecule has 0 atom stereocenters. The van der Waals surface area contributed by atoms with Gasteiger partial charge < -0.3 is 15.6 Å². The molecular weight excluding hydrogens is 258 g/mol. The molecule has 0 unspecified atom stereocenters. The van der Waals surface area contributed by atoms with Crippen LogP contribution in [0, 0.1) is 0 Å². The van der Waals surface area contributed by atoms with Gasteiger partial charge >= 0.3 is 0 Å². The van der Waals surface area contributed by atoms with Crippen LogP contribution < -0.4 is 10.5 Å². The average molecular weight is 271 g/mol. The molecule has 0 aliphatic rings. The molecular formula is C15H13NO2S. The largest absolute Gasteiger partial charge is 0.504 e. The van der Waals surface area contributed by atoms with E-state index in [4.69, 9.17) is 10.5 Å². The zero-order chi connectivity index (χ0) is 13.2. The Kier molecular flexibility index (Phi) is 3.01. The number of anilines is 1. The Morgan fingerprint density at radius 1 is 1.11 bits per heavy atom. The van der Waals surface area contributed by atoms with Crippen LogP contribution >= 0.6 is 11.3 Å². The predicted molar refractivity (Wildman–Crippen MR) is 78.7 cm³/mol. The number of nitrogen functional groups attached to an aromatic ring is 1. The summed E-state index contributed by atoms with van der Waals surface area (Å²) in [6.07, 6.45) is 0. The Morgan fingerprint density at radius 2 is 1.95 bits per heavy atom. The van der Waals surface area contributed by atoms with Gasteiger partial charge in [0.15, 0.2) is 11.5 Å². The molecule has 2 aromatic carbocycles. The fourth-order valence-corrected chi connectivity index (χ4v) is 2.87. The molecule has 4 heteroatoms. The molecule has 0 spiro atoms. The van der Waals surface area contributed by atoms with Gasteiger partial charge in [-0.2, -0.15) is 0 Å². The molecule has 0 saturated carbocycles. The van der Waals surface area contributed by atoms with Crippen LogP contribution in [-0.2, 0) is 6.61 Å². The summed E-state index contributed by atoms with van der Waals surface area (Å²) in [6, 6.07) is 14.9. The van der Waals surface area contributed by atoms with E-state index in [0.717, 1.165) is 16.0 Å². The van der Waals surface area contributed by atoms with Crippen LogP contribution in [0.15, 0.2) is 48.5 Å². The first-order valence-corrected chi connectivity index (χ1v) is 6.73. The van der Waals surface area contributed by atoms with Gasteiger partial charge in [-0.15, -0.1) is 11.3 Å². The molecule has 0 radical (unpaired) electrons. The Morgan fingerprint density at radius 3 is 2.79 bits per heavy atom. The number of thiophene rings is 1.